The second-order valence-electron chi connectivity index (χ2n) is 7.71. The van der Waals surface area contributed by atoms with Gasteiger partial charge in [0.05, 0.1) is 7.11 Å². The van der Waals surface area contributed by atoms with Crippen LogP contribution >= 0.6 is 0 Å². The van der Waals surface area contributed by atoms with Crippen LogP contribution in [0, 0.1) is 6.92 Å². The second kappa shape index (κ2) is 9.01. The maximum Gasteiger partial charge on any atom is 0.212 e. The molecule has 0 fully saturated rings. The van der Waals surface area contributed by atoms with E-state index in [2.05, 4.69) is 64.0 Å². The number of anilines is 2. The lowest BCUT2D eigenvalue weighted by Crippen LogP contribution is -1.94. The predicted molar refractivity (Wildman–Crippen MR) is 132 cm³/mol. The summed E-state index contributed by atoms with van der Waals surface area (Å²) in [6, 6.07) is 30.7. The predicted octanol–water partition coefficient (Wildman–Crippen LogP) is 7.13. The van der Waals surface area contributed by atoms with Crippen LogP contribution in [0.15, 0.2) is 102 Å². The Labute approximate surface area is 192 Å². The number of aryl methyl sites for hydroxylation is 1. The number of nitrogens with one attached hydrogen (secondary N) is 1. The standard InChI is InChI=1S/C28H23N3O2/c1-19-27(30-25-10-6-9-23(17-25)24-15-16-26(32-2)29-18-24)28(33-31-19)22-13-11-21(12-14-22)20-7-4-3-5-8-20/h3-18,30H,1-2H3. The molecule has 0 atom stereocenters. The van der Waals surface area contributed by atoms with Crippen LogP contribution in [0.5, 0.6) is 5.88 Å². The molecule has 0 aliphatic carbocycles. The minimum Gasteiger partial charge on any atom is -0.481 e. The van der Waals surface area contributed by atoms with Crippen molar-refractivity contribution in [3.63, 3.8) is 0 Å². The van der Waals surface area contributed by atoms with Crippen molar-refractivity contribution in [2.75, 3.05) is 12.4 Å². The van der Waals surface area contributed by atoms with E-state index in [9.17, 15) is 0 Å². The monoisotopic (exact) mass is 433 g/mol. The van der Waals surface area contributed by atoms with Gasteiger partial charge in [0.25, 0.3) is 0 Å². The number of methoxy groups -OCH3 is 1. The molecule has 0 unspecified atom stereocenters. The van der Waals surface area contributed by atoms with E-state index in [4.69, 9.17) is 9.26 Å². The molecular formula is C28H23N3O2. The molecule has 0 amide bonds. The number of rotatable bonds is 6. The largest absolute Gasteiger partial charge is 0.481 e. The highest BCUT2D eigenvalue weighted by Crippen LogP contribution is 2.35. The number of nitrogens with zero attached hydrogens (tertiary/aromatic N) is 2. The highest BCUT2D eigenvalue weighted by molar-refractivity contribution is 5.81. The Kier molecular flexibility index (Phi) is 5.60. The Morgan fingerprint density at radius 1 is 0.727 bits per heavy atom. The van der Waals surface area contributed by atoms with Crippen LogP contribution in [-0.4, -0.2) is 17.3 Å². The Balaban J connectivity index is 1.42. The van der Waals surface area contributed by atoms with Gasteiger partial charge in [-0.05, 0) is 41.8 Å². The zero-order chi connectivity index (χ0) is 22.6. The van der Waals surface area contributed by atoms with Crippen LogP contribution in [-0.2, 0) is 0 Å². The smallest absolute Gasteiger partial charge is 0.212 e. The average molecular weight is 434 g/mol. The minimum absolute atomic E-state index is 0.594. The third kappa shape index (κ3) is 4.34. The lowest BCUT2D eigenvalue weighted by molar-refractivity contribution is 0.398. The van der Waals surface area contributed by atoms with Crippen molar-refractivity contribution < 1.29 is 9.26 Å². The lowest BCUT2D eigenvalue weighted by Gasteiger charge is -2.10. The maximum atomic E-state index is 5.70. The molecule has 1 N–H and O–H groups in total. The minimum atomic E-state index is 0.594. The van der Waals surface area contributed by atoms with Crippen LogP contribution < -0.4 is 10.1 Å². The van der Waals surface area contributed by atoms with Crippen LogP contribution in [0.1, 0.15) is 5.69 Å². The highest BCUT2D eigenvalue weighted by atomic mass is 16.5. The summed E-state index contributed by atoms with van der Waals surface area (Å²) < 4.78 is 10.9. The molecule has 5 aromatic rings. The number of pyridine rings is 1. The summed E-state index contributed by atoms with van der Waals surface area (Å²) in [5.74, 6) is 1.31. The van der Waals surface area contributed by atoms with Gasteiger partial charge in [0, 0.05) is 29.1 Å². The Morgan fingerprint density at radius 2 is 1.42 bits per heavy atom. The van der Waals surface area contributed by atoms with Crippen LogP contribution in [0.2, 0.25) is 0 Å². The van der Waals surface area contributed by atoms with Gasteiger partial charge in [-0.15, -0.1) is 0 Å². The Morgan fingerprint density at radius 3 is 2.15 bits per heavy atom. The van der Waals surface area contributed by atoms with Gasteiger partial charge < -0.3 is 14.6 Å². The molecule has 0 aliphatic rings. The number of ether oxygens (including phenoxy) is 1. The normalized spacial score (nSPS) is 10.7. The van der Waals surface area contributed by atoms with E-state index in [-0.39, 0.29) is 0 Å². The maximum absolute atomic E-state index is 5.70. The summed E-state index contributed by atoms with van der Waals surface area (Å²) in [6.07, 6.45) is 1.81. The zero-order valence-electron chi connectivity index (χ0n) is 18.4. The van der Waals surface area contributed by atoms with Crippen LogP contribution in [0.3, 0.4) is 0 Å². The number of hydrogen-bond donors (Lipinski definition) is 1. The van der Waals surface area contributed by atoms with E-state index in [0.717, 1.165) is 39.3 Å². The van der Waals surface area contributed by atoms with E-state index < -0.39 is 0 Å². The molecule has 5 heteroatoms. The summed E-state index contributed by atoms with van der Waals surface area (Å²) in [5, 5.41) is 7.70. The average Bonchev–Trinajstić information content (AvgIpc) is 3.24. The molecule has 0 bridgehead atoms. The quantitative estimate of drug-likeness (QED) is 0.309. The second-order valence-corrected chi connectivity index (χ2v) is 7.71. The van der Waals surface area contributed by atoms with E-state index in [1.54, 1.807) is 7.11 Å². The fourth-order valence-corrected chi connectivity index (χ4v) is 3.75. The number of aromatic nitrogens is 2. The fourth-order valence-electron chi connectivity index (χ4n) is 3.75. The fraction of sp³-hybridized carbons (Fsp3) is 0.0714. The third-order valence-corrected chi connectivity index (χ3v) is 5.53. The first kappa shape index (κ1) is 20.5. The van der Waals surface area contributed by atoms with Crippen molar-refractivity contribution in [1.29, 1.82) is 0 Å². The molecular weight excluding hydrogens is 410 g/mol. The van der Waals surface area contributed by atoms with Crippen molar-refractivity contribution in [3.05, 3.63) is 103 Å². The van der Waals surface area contributed by atoms with Crippen molar-refractivity contribution in [3.8, 4) is 39.5 Å². The first-order valence-corrected chi connectivity index (χ1v) is 10.7. The van der Waals surface area contributed by atoms with Crippen LogP contribution in [0.4, 0.5) is 11.4 Å². The molecule has 0 saturated carbocycles. The van der Waals surface area contributed by atoms with Gasteiger partial charge >= 0.3 is 0 Å². The van der Waals surface area contributed by atoms with Crippen molar-refractivity contribution in [2.45, 2.75) is 6.92 Å². The molecule has 3 aromatic carbocycles. The summed E-state index contributed by atoms with van der Waals surface area (Å²) in [5.41, 5.74) is 7.97. The first-order valence-electron chi connectivity index (χ1n) is 10.7. The van der Waals surface area contributed by atoms with Gasteiger partial charge in [-0.3, -0.25) is 0 Å². The molecule has 0 radical (unpaired) electrons. The van der Waals surface area contributed by atoms with Gasteiger partial charge in [-0.2, -0.15) is 0 Å². The number of hydrogen-bond acceptors (Lipinski definition) is 5. The van der Waals surface area contributed by atoms with E-state index in [1.807, 2.05) is 55.6 Å². The summed E-state index contributed by atoms with van der Waals surface area (Å²) in [4.78, 5) is 4.31. The molecule has 2 heterocycles. The third-order valence-electron chi connectivity index (χ3n) is 5.53. The lowest BCUT2D eigenvalue weighted by atomic mass is 10.0. The molecule has 5 nitrogen and oxygen atoms in total. The summed E-state index contributed by atoms with van der Waals surface area (Å²) in [7, 11) is 1.61. The molecule has 0 spiro atoms. The van der Waals surface area contributed by atoms with Crippen molar-refractivity contribution in [1.82, 2.24) is 10.1 Å². The van der Waals surface area contributed by atoms with Crippen molar-refractivity contribution >= 4 is 11.4 Å². The van der Waals surface area contributed by atoms with Crippen molar-refractivity contribution in [2.24, 2.45) is 0 Å². The van der Waals surface area contributed by atoms with Gasteiger partial charge in [0.15, 0.2) is 5.76 Å². The first-order chi connectivity index (χ1) is 16.2. The Bertz CT molecular complexity index is 1360. The molecule has 33 heavy (non-hydrogen) atoms. The SMILES string of the molecule is COc1ccc(-c2cccc(Nc3c(C)noc3-c3ccc(-c4ccccc4)cc3)c2)cn1. The summed E-state index contributed by atoms with van der Waals surface area (Å²) >= 11 is 0. The molecule has 0 aliphatic heterocycles. The van der Waals surface area contributed by atoms with E-state index in [1.165, 1.54) is 5.56 Å². The van der Waals surface area contributed by atoms with Gasteiger partial charge in [0.1, 0.15) is 11.4 Å². The van der Waals surface area contributed by atoms with Crippen LogP contribution in [0.25, 0.3) is 33.6 Å². The highest BCUT2D eigenvalue weighted by Gasteiger charge is 2.16. The van der Waals surface area contributed by atoms with Gasteiger partial charge in [0.2, 0.25) is 5.88 Å². The van der Waals surface area contributed by atoms with E-state index >= 15 is 0 Å². The van der Waals surface area contributed by atoms with Gasteiger partial charge in [-0.25, -0.2) is 4.98 Å². The van der Waals surface area contributed by atoms with E-state index in [0.29, 0.717) is 11.6 Å². The Hall–Kier alpha value is -4.38. The molecule has 0 saturated heterocycles. The summed E-state index contributed by atoms with van der Waals surface area (Å²) in [6.45, 7) is 1.94. The molecule has 162 valence electrons. The molecule has 5 rings (SSSR count). The molecule has 2 aromatic heterocycles. The van der Waals surface area contributed by atoms with Gasteiger partial charge in [-0.1, -0.05) is 71.9 Å². The topological polar surface area (TPSA) is 60.2 Å². The zero-order valence-corrected chi connectivity index (χ0v) is 18.4. The number of benzene rings is 3.